The maximum Gasteiger partial charge on any atom is 0.509 e. The van der Waals surface area contributed by atoms with Gasteiger partial charge in [-0.2, -0.15) is 0 Å². The van der Waals surface area contributed by atoms with Crippen LogP contribution in [0.25, 0.3) is 11.8 Å². The fourth-order valence-corrected chi connectivity index (χ4v) is 8.74. The van der Waals surface area contributed by atoms with E-state index in [4.69, 9.17) is 33.3 Å². The molecule has 1 N–H and O–H groups in total. The molecule has 3 aliphatic heterocycles. The number of ketones is 1. The number of carbonyl (C=O) groups excluding carboxylic acids is 3. The van der Waals surface area contributed by atoms with Crippen LogP contribution in [0.3, 0.4) is 0 Å². The summed E-state index contributed by atoms with van der Waals surface area (Å²) in [7, 11) is 5.29. The van der Waals surface area contributed by atoms with Crippen molar-refractivity contribution in [3.8, 4) is 5.69 Å². The number of fused-ring (bicyclic) bond motifs is 1. The molecule has 3 fully saturated rings. The number of hydrogen-bond acceptors (Lipinski definition) is 14. The summed E-state index contributed by atoms with van der Waals surface area (Å²) in [4.78, 5) is 53.0. The average molecular weight is 811 g/mol. The summed E-state index contributed by atoms with van der Waals surface area (Å²) in [5, 5.41) is 16.2. The van der Waals surface area contributed by atoms with Crippen molar-refractivity contribution in [2.24, 2.45) is 28.8 Å². The number of carbonyl (C=O) groups is 3. The van der Waals surface area contributed by atoms with Crippen molar-refractivity contribution in [1.29, 1.82) is 0 Å². The molecule has 0 amide bonds. The van der Waals surface area contributed by atoms with Gasteiger partial charge in [0.05, 0.1) is 29.8 Å². The number of ether oxygens (including phenoxy) is 6. The van der Waals surface area contributed by atoms with Crippen LogP contribution < -0.4 is 0 Å². The van der Waals surface area contributed by atoms with E-state index in [1.54, 1.807) is 33.3 Å². The SMILES string of the molecule is CC[C@H]1OC(=O)[C@H](C)C(=O)[C@H](C)[C@@H](O[C@H]2O[C@H](C)C[C@H](N(C)C)[C@H]2O)[C@](C)(OC)C[C@@H](C)/C(=N\OC/C=C/c2ccc(-n3ccnc3)cc2)[C@H](C)[C@@H]2OC(=O)O[C@]12C. The van der Waals surface area contributed by atoms with E-state index in [1.165, 1.54) is 14.0 Å². The van der Waals surface area contributed by atoms with Crippen molar-refractivity contribution in [3.05, 3.63) is 54.6 Å². The molecule has 3 aliphatic rings. The molecule has 0 spiro atoms. The molecule has 1 aromatic carbocycles. The van der Waals surface area contributed by atoms with E-state index < -0.39 is 83.5 Å². The number of imidazole rings is 1. The van der Waals surface area contributed by atoms with E-state index in [0.29, 0.717) is 12.1 Å². The third kappa shape index (κ3) is 9.65. The fraction of sp³-hybridized carbons (Fsp3) is 0.651. The zero-order valence-corrected chi connectivity index (χ0v) is 35.7. The van der Waals surface area contributed by atoms with Gasteiger partial charge in [0.1, 0.15) is 24.7 Å². The van der Waals surface area contributed by atoms with Crippen molar-refractivity contribution >= 4 is 29.7 Å². The van der Waals surface area contributed by atoms with Gasteiger partial charge in [-0.15, -0.1) is 0 Å². The number of likely N-dealkylation sites (N-methyl/N-ethyl adjacent to an activating group) is 1. The van der Waals surface area contributed by atoms with Crippen molar-refractivity contribution in [3.63, 3.8) is 0 Å². The van der Waals surface area contributed by atoms with Crippen LogP contribution in [0.5, 0.6) is 0 Å². The number of aliphatic hydroxyl groups is 1. The number of benzene rings is 1. The lowest BCUT2D eigenvalue weighted by molar-refractivity contribution is -0.295. The molecule has 4 heterocycles. The highest BCUT2D eigenvalue weighted by Gasteiger charge is 2.58. The Morgan fingerprint density at radius 1 is 1.05 bits per heavy atom. The van der Waals surface area contributed by atoms with E-state index in [-0.39, 0.29) is 31.6 Å². The van der Waals surface area contributed by atoms with Crippen LogP contribution >= 0.6 is 0 Å². The number of esters is 1. The molecule has 15 nitrogen and oxygen atoms in total. The first-order valence-electron chi connectivity index (χ1n) is 20.2. The second-order valence-corrected chi connectivity index (χ2v) is 16.6. The second kappa shape index (κ2) is 18.8. The van der Waals surface area contributed by atoms with Gasteiger partial charge in [-0.3, -0.25) is 9.59 Å². The maximum absolute atomic E-state index is 14.3. The van der Waals surface area contributed by atoms with Gasteiger partial charge in [-0.05, 0) is 84.8 Å². The summed E-state index contributed by atoms with van der Waals surface area (Å²) in [5.41, 5.74) is -0.176. The number of nitrogens with zero attached hydrogens (tertiary/aromatic N) is 4. The topological polar surface area (TPSA) is 169 Å². The minimum atomic E-state index is -1.42. The summed E-state index contributed by atoms with van der Waals surface area (Å²) in [6.07, 6.45) is 3.96. The normalized spacial score (nSPS) is 37.3. The third-order valence-electron chi connectivity index (χ3n) is 12.2. The van der Waals surface area contributed by atoms with E-state index in [1.807, 2.05) is 93.9 Å². The first-order chi connectivity index (χ1) is 27.4. The molecule has 0 bridgehead atoms. The van der Waals surface area contributed by atoms with Crippen LogP contribution in [-0.4, -0.2) is 125 Å². The third-order valence-corrected chi connectivity index (χ3v) is 12.2. The van der Waals surface area contributed by atoms with E-state index >= 15 is 0 Å². The maximum atomic E-state index is 14.3. The van der Waals surface area contributed by atoms with Crippen molar-refractivity contribution in [1.82, 2.24) is 14.5 Å². The van der Waals surface area contributed by atoms with Crippen LogP contribution in [0.1, 0.15) is 80.2 Å². The van der Waals surface area contributed by atoms with Gasteiger partial charge in [-0.25, -0.2) is 9.78 Å². The number of hydrogen-bond donors (Lipinski definition) is 1. The molecule has 0 unspecified atom stereocenters. The largest absolute Gasteiger partial charge is 0.509 e. The Morgan fingerprint density at radius 2 is 1.76 bits per heavy atom. The van der Waals surface area contributed by atoms with Crippen LogP contribution in [0, 0.1) is 23.7 Å². The summed E-state index contributed by atoms with van der Waals surface area (Å²) >= 11 is 0. The Labute approximate surface area is 342 Å². The first-order valence-corrected chi connectivity index (χ1v) is 20.2. The number of methoxy groups -OCH3 is 1. The van der Waals surface area contributed by atoms with E-state index in [9.17, 15) is 19.5 Å². The summed E-state index contributed by atoms with van der Waals surface area (Å²) < 4.78 is 38.8. The molecule has 1 aromatic heterocycles. The van der Waals surface area contributed by atoms with E-state index in [0.717, 1.165) is 11.3 Å². The standard InChI is InChI=1S/C43H62N4O11/c1-12-33-43(8)38(57-41(51)58-43)27(4)34(45-53-21-13-14-30-15-17-31(18-16-30)47-20-19-44-24-47)25(2)23-42(7,52-11)37(28(5)35(48)29(6)39(50)55-33)56-40-36(49)32(46(9)10)22-26(3)54-40/h13-20,24-29,32-33,36-38,40,49H,12,21-23H2,1-11H3/b14-13+,45-34+/t25-,26-,27+,28+,29-,32+,33-,36-,37-,38+,40-,42-,43-/m1/s1. The number of cyclic esters (lactones) is 1. The minimum Gasteiger partial charge on any atom is -0.457 e. The van der Waals surface area contributed by atoms with Crippen LogP contribution in [-0.2, 0) is 42.8 Å². The van der Waals surface area contributed by atoms with Gasteiger partial charge in [0.25, 0.3) is 0 Å². The molecule has 3 saturated heterocycles. The zero-order chi connectivity index (χ0) is 42.5. The van der Waals surface area contributed by atoms with Gasteiger partial charge < -0.3 is 47.8 Å². The molecule has 2 aromatic rings. The monoisotopic (exact) mass is 810 g/mol. The van der Waals surface area contributed by atoms with Crippen molar-refractivity contribution in [2.45, 2.75) is 129 Å². The molecule has 0 saturated carbocycles. The number of Topliss-reactive ketones (excluding diaryl/α,β-unsaturated/α-hetero) is 1. The molecule has 0 aliphatic carbocycles. The van der Waals surface area contributed by atoms with Crippen LogP contribution in [0.2, 0.25) is 0 Å². The predicted octanol–water partition coefficient (Wildman–Crippen LogP) is 5.61. The quantitative estimate of drug-likeness (QED) is 0.136. The lowest BCUT2D eigenvalue weighted by Crippen LogP contribution is -2.59. The van der Waals surface area contributed by atoms with Gasteiger partial charge in [0.2, 0.25) is 0 Å². The minimum absolute atomic E-state index is 0.123. The van der Waals surface area contributed by atoms with Gasteiger partial charge in [-0.1, -0.05) is 51.1 Å². The Balaban J connectivity index is 1.51. The lowest BCUT2D eigenvalue weighted by Gasteiger charge is -2.47. The zero-order valence-electron chi connectivity index (χ0n) is 35.7. The number of aromatic nitrogens is 2. The highest BCUT2D eigenvalue weighted by molar-refractivity contribution is 6.00. The Bertz CT molecular complexity index is 1770. The highest BCUT2D eigenvalue weighted by Crippen LogP contribution is 2.42. The fourth-order valence-electron chi connectivity index (χ4n) is 8.74. The number of oxime groups is 1. The molecular formula is C43H62N4O11. The molecule has 320 valence electrons. The average Bonchev–Trinajstić information content (AvgIpc) is 3.84. The van der Waals surface area contributed by atoms with Crippen molar-refractivity contribution in [2.75, 3.05) is 27.8 Å². The van der Waals surface area contributed by atoms with E-state index in [2.05, 4.69) is 10.1 Å². The number of aliphatic hydroxyl groups excluding tert-OH is 1. The predicted molar refractivity (Wildman–Crippen MR) is 215 cm³/mol. The summed E-state index contributed by atoms with van der Waals surface area (Å²) in [6.45, 7) is 14.3. The molecule has 13 atom stereocenters. The van der Waals surface area contributed by atoms with Gasteiger partial charge >= 0.3 is 12.1 Å². The van der Waals surface area contributed by atoms with Crippen LogP contribution in [0.15, 0.2) is 54.2 Å². The molecule has 0 radical (unpaired) electrons. The van der Waals surface area contributed by atoms with Gasteiger partial charge in [0, 0.05) is 49.0 Å². The lowest BCUT2D eigenvalue weighted by atomic mass is 9.74. The van der Waals surface area contributed by atoms with Crippen LogP contribution in [0.4, 0.5) is 4.79 Å². The summed E-state index contributed by atoms with van der Waals surface area (Å²) in [6, 6.07) is 7.68. The molecule has 5 rings (SSSR count). The van der Waals surface area contributed by atoms with Crippen molar-refractivity contribution < 1.29 is 52.7 Å². The first kappa shape index (κ1) is 44.9. The Morgan fingerprint density at radius 3 is 2.38 bits per heavy atom. The highest BCUT2D eigenvalue weighted by atomic mass is 16.8. The smallest absolute Gasteiger partial charge is 0.457 e. The second-order valence-electron chi connectivity index (χ2n) is 16.6. The molecule has 15 heteroatoms. The number of rotatable bonds is 10. The van der Waals surface area contributed by atoms with Gasteiger partial charge in [0.15, 0.2) is 23.8 Å². The molecular weight excluding hydrogens is 748 g/mol. The molecule has 58 heavy (non-hydrogen) atoms. The Hall–Kier alpha value is -4.15. The summed E-state index contributed by atoms with van der Waals surface area (Å²) in [5.74, 6) is -4.41. The Kier molecular flexibility index (Phi) is 14.6.